The smallest absolute Gasteiger partial charge is 0.240 e. The molecule has 0 amide bonds. The molecule has 0 aliphatic rings. The molecule has 0 spiro atoms. The maximum absolute atomic E-state index is 12.6. The van der Waals surface area contributed by atoms with Crippen LogP contribution < -0.4 is 0 Å². The summed E-state index contributed by atoms with van der Waals surface area (Å²) in [6.45, 7) is 1.96. The largest absolute Gasteiger partial charge is 0.416 e. The van der Waals surface area contributed by atoms with Crippen molar-refractivity contribution in [3.63, 3.8) is 0 Å². The number of halogens is 3. The predicted molar refractivity (Wildman–Crippen MR) is 70.4 cm³/mol. The molecule has 0 atom stereocenters. The molecule has 0 bridgehead atoms. The van der Waals surface area contributed by atoms with Crippen molar-refractivity contribution in [2.24, 2.45) is 0 Å². The highest BCUT2D eigenvalue weighted by Gasteiger charge is 2.30. The van der Waals surface area contributed by atoms with Crippen LogP contribution in [-0.4, -0.2) is 9.61 Å². The third kappa shape index (κ3) is 2.15. The van der Waals surface area contributed by atoms with Crippen LogP contribution in [0.15, 0.2) is 48.8 Å². The lowest BCUT2D eigenvalue weighted by molar-refractivity contribution is -0.137. The van der Waals surface area contributed by atoms with Crippen molar-refractivity contribution in [3.05, 3.63) is 59.9 Å². The van der Waals surface area contributed by atoms with E-state index in [-0.39, 0.29) is 0 Å². The molecule has 102 valence electrons. The van der Waals surface area contributed by atoms with Gasteiger partial charge in [-0.1, -0.05) is 12.1 Å². The maximum atomic E-state index is 12.6. The second-order valence-electron chi connectivity index (χ2n) is 4.67. The highest BCUT2D eigenvalue weighted by molar-refractivity contribution is 5.80. The van der Waals surface area contributed by atoms with E-state index in [1.54, 1.807) is 10.7 Å². The number of hydrogen-bond donors (Lipinski definition) is 0. The Morgan fingerprint density at radius 3 is 2.40 bits per heavy atom. The molecule has 5 heteroatoms. The van der Waals surface area contributed by atoms with Crippen LogP contribution >= 0.6 is 0 Å². The molecule has 1 aromatic carbocycles. The molecule has 0 unspecified atom stereocenters. The molecular weight excluding hydrogens is 265 g/mol. The molecule has 0 fully saturated rings. The molecular formula is C15H11F3N2. The van der Waals surface area contributed by atoms with Gasteiger partial charge in [-0.2, -0.15) is 18.3 Å². The van der Waals surface area contributed by atoms with Gasteiger partial charge in [0.2, 0.25) is 0 Å². The van der Waals surface area contributed by atoms with Crippen molar-refractivity contribution < 1.29 is 13.2 Å². The number of alkyl halides is 3. The van der Waals surface area contributed by atoms with E-state index >= 15 is 0 Å². The van der Waals surface area contributed by atoms with E-state index in [1.807, 2.05) is 25.3 Å². The zero-order chi connectivity index (χ0) is 14.3. The quantitative estimate of drug-likeness (QED) is 0.646. The summed E-state index contributed by atoms with van der Waals surface area (Å²) in [7, 11) is 0. The van der Waals surface area contributed by atoms with Crippen LogP contribution in [0, 0.1) is 6.92 Å². The number of rotatable bonds is 1. The highest BCUT2D eigenvalue weighted by atomic mass is 19.4. The first kappa shape index (κ1) is 12.7. The first-order chi connectivity index (χ1) is 9.45. The third-order valence-corrected chi connectivity index (χ3v) is 3.20. The van der Waals surface area contributed by atoms with Crippen molar-refractivity contribution in [1.29, 1.82) is 0 Å². The van der Waals surface area contributed by atoms with Crippen LogP contribution in [0.25, 0.3) is 16.6 Å². The van der Waals surface area contributed by atoms with Crippen molar-refractivity contribution in [1.82, 2.24) is 9.61 Å². The summed E-state index contributed by atoms with van der Waals surface area (Å²) < 4.78 is 39.4. The SMILES string of the molecule is Cc1ccn2ncc(-c3ccc(C(F)(F)F)cc3)c2c1. The van der Waals surface area contributed by atoms with E-state index in [0.29, 0.717) is 0 Å². The normalized spacial score (nSPS) is 12.0. The average Bonchev–Trinajstić information content (AvgIpc) is 2.81. The molecule has 2 nitrogen and oxygen atoms in total. The van der Waals surface area contributed by atoms with E-state index in [2.05, 4.69) is 5.10 Å². The van der Waals surface area contributed by atoms with Crippen LogP contribution in [0.2, 0.25) is 0 Å². The number of aryl methyl sites for hydroxylation is 1. The molecule has 0 saturated heterocycles. The Bertz CT molecular complexity index is 755. The second-order valence-corrected chi connectivity index (χ2v) is 4.67. The fourth-order valence-corrected chi connectivity index (χ4v) is 2.15. The number of aromatic nitrogens is 2. The Morgan fingerprint density at radius 1 is 1.05 bits per heavy atom. The molecule has 3 aromatic rings. The monoisotopic (exact) mass is 276 g/mol. The zero-order valence-corrected chi connectivity index (χ0v) is 10.6. The van der Waals surface area contributed by atoms with Gasteiger partial charge in [-0.3, -0.25) is 0 Å². The summed E-state index contributed by atoms with van der Waals surface area (Å²) in [5.41, 5.74) is 2.85. The molecule has 0 aliphatic heterocycles. The van der Waals surface area contributed by atoms with E-state index in [1.165, 1.54) is 12.1 Å². The first-order valence-corrected chi connectivity index (χ1v) is 6.07. The van der Waals surface area contributed by atoms with Gasteiger partial charge in [-0.25, -0.2) is 4.52 Å². The molecule has 2 heterocycles. The number of hydrogen-bond acceptors (Lipinski definition) is 1. The zero-order valence-electron chi connectivity index (χ0n) is 10.6. The Kier molecular flexibility index (Phi) is 2.78. The average molecular weight is 276 g/mol. The molecule has 0 aliphatic carbocycles. The minimum absolute atomic E-state index is 0.645. The Balaban J connectivity index is 2.09. The third-order valence-electron chi connectivity index (χ3n) is 3.20. The summed E-state index contributed by atoms with van der Waals surface area (Å²) in [6.07, 6.45) is -0.814. The molecule has 20 heavy (non-hydrogen) atoms. The lowest BCUT2D eigenvalue weighted by atomic mass is 10.0. The van der Waals surface area contributed by atoms with Gasteiger partial charge in [0, 0.05) is 11.8 Å². The van der Waals surface area contributed by atoms with E-state index in [9.17, 15) is 13.2 Å². The summed E-state index contributed by atoms with van der Waals surface area (Å²) in [5, 5.41) is 4.20. The summed E-state index contributed by atoms with van der Waals surface area (Å²) in [6, 6.07) is 9.02. The second kappa shape index (κ2) is 4.37. The van der Waals surface area contributed by atoms with Gasteiger partial charge in [0.15, 0.2) is 0 Å². The topological polar surface area (TPSA) is 17.3 Å². The fourth-order valence-electron chi connectivity index (χ4n) is 2.15. The van der Waals surface area contributed by atoms with Gasteiger partial charge >= 0.3 is 6.18 Å². The van der Waals surface area contributed by atoms with Crippen LogP contribution in [0.4, 0.5) is 13.2 Å². The first-order valence-electron chi connectivity index (χ1n) is 6.07. The van der Waals surface area contributed by atoms with Crippen LogP contribution in [0.1, 0.15) is 11.1 Å². The Labute approximate surface area is 113 Å². The van der Waals surface area contributed by atoms with Crippen LogP contribution in [0.5, 0.6) is 0 Å². The lowest BCUT2D eigenvalue weighted by Gasteiger charge is -2.07. The number of fused-ring (bicyclic) bond motifs is 1. The van der Waals surface area contributed by atoms with E-state index in [4.69, 9.17) is 0 Å². The maximum Gasteiger partial charge on any atom is 0.416 e. The van der Waals surface area contributed by atoms with Crippen molar-refractivity contribution in [2.45, 2.75) is 13.1 Å². The van der Waals surface area contributed by atoms with Crippen molar-refractivity contribution >= 4 is 5.52 Å². The number of nitrogens with zero attached hydrogens (tertiary/aromatic N) is 2. The minimum Gasteiger partial charge on any atom is -0.240 e. The van der Waals surface area contributed by atoms with E-state index in [0.717, 1.165) is 34.3 Å². The summed E-state index contributed by atoms with van der Waals surface area (Å²) >= 11 is 0. The molecule has 2 aromatic heterocycles. The lowest BCUT2D eigenvalue weighted by Crippen LogP contribution is -2.03. The van der Waals surface area contributed by atoms with E-state index < -0.39 is 11.7 Å². The van der Waals surface area contributed by atoms with Gasteiger partial charge in [0.1, 0.15) is 0 Å². The molecule has 3 rings (SSSR count). The van der Waals surface area contributed by atoms with Gasteiger partial charge in [-0.05, 0) is 42.3 Å². The number of benzene rings is 1. The fraction of sp³-hybridized carbons (Fsp3) is 0.133. The van der Waals surface area contributed by atoms with Crippen LogP contribution in [0.3, 0.4) is 0 Å². The van der Waals surface area contributed by atoms with Gasteiger partial charge < -0.3 is 0 Å². The minimum atomic E-state index is -4.31. The standard InChI is InChI=1S/C15H11F3N2/c1-10-6-7-20-14(8-10)13(9-19-20)11-2-4-12(5-3-11)15(16,17)18/h2-9H,1H3. The summed E-state index contributed by atoms with van der Waals surface area (Å²) in [4.78, 5) is 0. The molecule has 0 radical (unpaired) electrons. The Hall–Kier alpha value is -2.30. The van der Waals surface area contributed by atoms with Gasteiger partial charge in [-0.15, -0.1) is 0 Å². The number of pyridine rings is 1. The van der Waals surface area contributed by atoms with Crippen LogP contribution in [-0.2, 0) is 6.18 Å². The van der Waals surface area contributed by atoms with Crippen molar-refractivity contribution in [2.75, 3.05) is 0 Å². The van der Waals surface area contributed by atoms with Gasteiger partial charge in [0.25, 0.3) is 0 Å². The predicted octanol–water partition coefficient (Wildman–Crippen LogP) is 4.33. The van der Waals surface area contributed by atoms with Gasteiger partial charge in [0.05, 0.1) is 17.3 Å². The van der Waals surface area contributed by atoms with Crippen molar-refractivity contribution in [3.8, 4) is 11.1 Å². The highest BCUT2D eigenvalue weighted by Crippen LogP contribution is 2.32. The Morgan fingerprint density at radius 2 is 1.75 bits per heavy atom. The summed E-state index contributed by atoms with van der Waals surface area (Å²) in [5.74, 6) is 0. The molecule has 0 saturated carbocycles. The molecule has 0 N–H and O–H groups in total.